The predicted molar refractivity (Wildman–Crippen MR) is 220 cm³/mol. The van der Waals surface area contributed by atoms with E-state index in [1.54, 1.807) is 0 Å². The smallest absolute Gasteiger partial charge is 0.0541 e. The molecule has 0 bridgehead atoms. The highest BCUT2D eigenvalue weighted by Crippen LogP contribution is 2.40. The van der Waals surface area contributed by atoms with E-state index in [9.17, 15) is 0 Å². The molecular formula is C49H35N3. The van der Waals surface area contributed by atoms with Crippen molar-refractivity contribution in [1.82, 2.24) is 9.13 Å². The first-order valence-corrected chi connectivity index (χ1v) is 17.9. The zero-order chi connectivity index (χ0) is 34.6. The van der Waals surface area contributed by atoms with E-state index in [-0.39, 0.29) is 0 Å². The lowest BCUT2D eigenvalue weighted by Gasteiger charge is -2.27. The van der Waals surface area contributed by atoms with Gasteiger partial charge in [-0.2, -0.15) is 0 Å². The van der Waals surface area contributed by atoms with Crippen LogP contribution in [0.3, 0.4) is 0 Å². The van der Waals surface area contributed by atoms with Crippen molar-refractivity contribution in [3.63, 3.8) is 0 Å². The number of aryl methyl sites for hydroxylation is 1. The fourth-order valence-corrected chi connectivity index (χ4v) is 8.05. The molecule has 10 aromatic rings. The maximum absolute atomic E-state index is 2.39. The van der Waals surface area contributed by atoms with Gasteiger partial charge in [0.1, 0.15) is 0 Å². The van der Waals surface area contributed by atoms with E-state index in [1.165, 1.54) is 66.0 Å². The summed E-state index contributed by atoms with van der Waals surface area (Å²) in [4.78, 5) is 2.37. The Morgan fingerprint density at radius 2 is 0.827 bits per heavy atom. The molecule has 0 aliphatic heterocycles. The Kier molecular flexibility index (Phi) is 7.04. The molecule has 52 heavy (non-hydrogen) atoms. The third-order valence-electron chi connectivity index (χ3n) is 10.4. The quantitative estimate of drug-likeness (QED) is 0.172. The largest absolute Gasteiger partial charge is 0.310 e. The summed E-state index contributed by atoms with van der Waals surface area (Å²) in [6, 6.07) is 70.1. The maximum atomic E-state index is 2.39. The van der Waals surface area contributed by atoms with Crippen LogP contribution in [0, 0.1) is 6.92 Å². The van der Waals surface area contributed by atoms with E-state index in [1.807, 2.05) is 0 Å². The molecule has 0 fully saturated rings. The van der Waals surface area contributed by atoms with E-state index < -0.39 is 0 Å². The lowest BCUT2D eigenvalue weighted by atomic mass is 10.0. The normalized spacial score (nSPS) is 11.6. The van der Waals surface area contributed by atoms with Gasteiger partial charge in [0.25, 0.3) is 0 Å². The number of hydrogen-bond donors (Lipinski definition) is 0. The van der Waals surface area contributed by atoms with Gasteiger partial charge in [-0.05, 0) is 109 Å². The van der Waals surface area contributed by atoms with Crippen LogP contribution < -0.4 is 4.90 Å². The molecule has 8 aromatic carbocycles. The highest BCUT2D eigenvalue weighted by atomic mass is 15.1. The topological polar surface area (TPSA) is 13.1 Å². The molecule has 10 rings (SSSR count). The van der Waals surface area contributed by atoms with Gasteiger partial charge in [0.15, 0.2) is 0 Å². The number of anilines is 3. The van der Waals surface area contributed by atoms with Crippen LogP contribution in [0.2, 0.25) is 0 Å². The van der Waals surface area contributed by atoms with Crippen molar-refractivity contribution >= 4 is 60.7 Å². The molecule has 2 aromatic heterocycles. The first kappa shape index (κ1) is 30.0. The van der Waals surface area contributed by atoms with Crippen molar-refractivity contribution in [1.29, 1.82) is 0 Å². The molecule has 0 atom stereocenters. The lowest BCUT2D eigenvalue weighted by Crippen LogP contribution is -2.11. The molecule has 246 valence electrons. The molecule has 0 saturated heterocycles. The van der Waals surface area contributed by atoms with Crippen LogP contribution in [0.4, 0.5) is 17.1 Å². The molecule has 0 unspecified atom stereocenters. The fraction of sp³-hybridized carbons (Fsp3) is 0.0204. The Bertz CT molecular complexity index is 2840. The van der Waals surface area contributed by atoms with Gasteiger partial charge in [0.05, 0.1) is 22.1 Å². The molecule has 3 heteroatoms. The third-order valence-corrected chi connectivity index (χ3v) is 10.4. The summed E-state index contributed by atoms with van der Waals surface area (Å²) in [6.07, 6.45) is 0. The molecule has 0 radical (unpaired) electrons. The summed E-state index contributed by atoms with van der Waals surface area (Å²) in [5.41, 5.74) is 14.2. The van der Waals surface area contributed by atoms with Gasteiger partial charge in [0.2, 0.25) is 0 Å². The second kappa shape index (κ2) is 12.2. The average molecular weight is 666 g/mol. The van der Waals surface area contributed by atoms with Crippen molar-refractivity contribution in [3.8, 4) is 22.5 Å². The molecule has 0 aliphatic carbocycles. The Morgan fingerprint density at radius 3 is 1.44 bits per heavy atom. The number of fused-ring (bicyclic) bond motifs is 6. The molecule has 2 heterocycles. The SMILES string of the molecule is Cc1cc(-n2c3ccccc3c3ccccc32)ccc1N(c1ccccc1)c1ccc(-c2ccc3c(c2)c2ccccc2n3-c2ccccc2)cc1. The fourth-order valence-electron chi connectivity index (χ4n) is 8.05. The summed E-state index contributed by atoms with van der Waals surface area (Å²) < 4.78 is 4.75. The highest BCUT2D eigenvalue weighted by Gasteiger charge is 2.18. The van der Waals surface area contributed by atoms with Crippen LogP contribution in [0.5, 0.6) is 0 Å². The van der Waals surface area contributed by atoms with Crippen molar-refractivity contribution < 1.29 is 0 Å². The van der Waals surface area contributed by atoms with Gasteiger partial charge in [0, 0.05) is 50.0 Å². The molecule has 0 spiro atoms. The van der Waals surface area contributed by atoms with Crippen LogP contribution in [0.15, 0.2) is 194 Å². The number of aromatic nitrogens is 2. The van der Waals surface area contributed by atoms with Gasteiger partial charge in [-0.15, -0.1) is 0 Å². The van der Waals surface area contributed by atoms with E-state index in [2.05, 4.69) is 215 Å². The number of nitrogens with zero attached hydrogens (tertiary/aromatic N) is 3. The van der Waals surface area contributed by atoms with E-state index >= 15 is 0 Å². The number of hydrogen-bond acceptors (Lipinski definition) is 1. The second-order valence-electron chi connectivity index (χ2n) is 13.5. The Balaban J connectivity index is 1.05. The van der Waals surface area contributed by atoms with Crippen LogP contribution in [0.1, 0.15) is 5.56 Å². The lowest BCUT2D eigenvalue weighted by molar-refractivity contribution is 1.16. The Morgan fingerprint density at radius 1 is 0.346 bits per heavy atom. The summed E-state index contributed by atoms with van der Waals surface area (Å²) in [5.74, 6) is 0. The van der Waals surface area contributed by atoms with Gasteiger partial charge in [-0.25, -0.2) is 0 Å². The Labute approximate surface area is 302 Å². The average Bonchev–Trinajstić information content (AvgIpc) is 3.72. The number of para-hydroxylation sites is 5. The van der Waals surface area contributed by atoms with Crippen LogP contribution in [-0.2, 0) is 0 Å². The highest BCUT2D eigenvalue weighted by molar-refractivity contribution is 6.11. The monoisotopic (exact) mass is 665 g/mol. The molecule has 0 amide bonds. The van der Waals surface area contributed by atoms with Crippen LogP contribution in [-0.4, -0.2) is 9.13 Å². The number of benzene rings is 8. The van der Waals surface area contributed by atoms with E-state index in [0.717, 1.165) is 22.7 Å². The first-order valence-electron chi connectivity index (χ1n) is 17.9. The Hall–Kier alpha value is -6.84. The van der Waals surface area contributed by atoms with Gasteiger partial charge >= 0.3 is 0 Å². The molecule has 0 aliphatic rings. The van der Waals surface area contributed by atoms with Gasteiger partial charge in [-0.3, -0.25) is 0 Å². The van der Waals surface area contributed by atoms with Crippen LogP contribution in [0.25, 0.3) is 66.1 Å². The zero-order valence-corrected chi connectivity index (χ0v) is 28.8. The second-order valence-corrected chi connectivity index (χ2v) is 13.5. The third kappa shape index (κ3) is 4.82. The number of rotatable bonds is 6. The minimum absolute atomic E-state index is 1.12. The van der Waals surface area contributed by atoms with E-state index in [0.29, 0.717) is 0 Å². The first-order chi connectivity index (χ1) is 25.7. The summed E-state index contributed by atoms with van der Waals surface area (Å²) in [6.45, 7) is 2.22. The standard InChI is InChI=1S/C49H35N3/c1-34-32-40(52-46-21-11-8-18-41(46)42-19-9-12-22-47(42)52)29-31-45(34)50(37-14-4-2-5-15-37)39-27-24-35(25-28-39)36-26-30-49-44(33-36)43-20-10-13-23-48(43)51(49)38-16-6-3-7-17-38/h2-33H,1H3. The maximum Gasteiger partial charge on any atom is 0.0541 e. The van der Waals surface area contributed by atoms with Gasteiger partial charge in [-0.1, -0.05) is 109 Å². The summed E-state index contributed by atoms with van der Waals surface area (Å²) in [5, 5.41) is 5.06. The minimum atomic E-state index is 1.12. The van der Waals surface area contributed by atoms with Crippen molar-refractivity contribution in [2.45, 2.75) is 6.92 Å². The predicted octanol–water partition coefficient (Wildman–Crippen LogP) is 13.3. The molecule has 0 saturated carbocycles. The molecular weight excluding hydrogens is 631 g/mol. The van der Waals surface area contributed by atoms with Crippen molar-refractivity contribution in [2.75, 3.05) is 4.90 Å². The van der Waals surface area contributed by atoms with Crippen molar-refractivity contribution in [2.24, 2.45) is 0 Å². The van der Waals surface area contributed by atoms with Crippen molar-refractivity contribution in [3.05, 3.63) is 200 Å². The summed E-state index contributed by atoms with van der Waals surface area (Å²) in [7, 11) is 0. The molecule has 3 nitrogen and oxygen atoms in total. The zero-order valence-electron chi connectivity index (χ0n) is 28.8. The van der Waals surface area contributed by atoms with Crippen LogP contribution >= 0.6 is 0 Å². The minimum Gasteiger partial charge on any atom is -0.310 e. The van der Waals surface area contributed by atoms with Gasteiger partial charge < -0.3 is 14.0 Å². The summed E-state index contributed by atoms with van der Waals surface area (Å²) >= 11 is 0. The molecule has 0 N–H and O–H groups in total. The van der Waals surface area contributed by atoms with E-state index in [4.69, 9.17) is 0 Å².